The zero-order chi connectivity index (χ0) is 23.9. The molecule has 1 amide bonds. The van der Waals surface area contributed by atoms with Gasteiger partial charge in [-0.15, -0.1) is 10.2 Å². The summed E-state index contributed by atoms with van der Waals surface area (Å²) in [6, 6.07) is 22.7. The van der Waals surface area contributed by atoms with Crippen molar-refractivity contribution in [3.05, 3.63) is 95.4 Å². The Labute approximate surface area is 202 Å². The fourth-order valence-corrected chi connectivity index (χ4v) is 4.15. The van der Waals surface area contributed by atoms with E-state index in [1.165, 1.54) is 11.8 Å². The minimum Gasteiger partial charge on any atom is -0.497 e. The van der Waals surface area contributed by atoms with Crippen LogP contribution in [-0.4, -0.2) is 23.2 Å². The predicted octanol–water partition coefficient (Wildman–Crippen LogP) is 5.75. The van der Waals surface area contributed by atoms with Crippen LogP contribution in [0, 0.1) is 13.8 Å². The number of thioether (sulfide) groups is 1. The van der Waals surface area contributed by atoms with Gasteiger partial charge in [0.1, 0.15) is 16.7 Å². The standard InChI is InChI=1S/C26H25N3O4S/c1-17-12-13-18(2)22(14-17)32-16-23-28-29-26(33-23)34-24(19-8-5-4-6-9-19)25(30)27-20-10-7-11-21(15-20)31-3/h4-15,24H,16H2,1-3H3,(H,27,30). The van der Waals surface area contributed by atoms with Crippen molar-refractivity contribution in [3.8, 4) is 11.5 Å². The second kappa shape index (κ2) is 10.9. The number of hydrogen-bond donors (Lipinski definition) is 1. The number of rotatable bonds is 9. The van der Waals surface area contributed by atoms with Crippen molar-refractivity contribution in [2.24, 2.45) is 0 Å². The van der Waals surface area contributed by atoms with E-state index in [4.69, 9.17) is 13.9 Å². The third-order valence-electron chi connectivity index (χ3n) is 5.04. The van der Waals surface area contributed by atoms with Gasteiger partial charge in [0.25, 0.3) is 11.1 Å². The predicted molar refractivity (Wildman–Crippen MR) is 131 cm³/mol. The van der Waals surface area contributed by atoms with Crippen LogP contribution in [0.5, 0.6) is 11.5 Å². The minimum atomic E-state index is -0.597. The number of carbonyl (C=O) groups is 1. The van der Waals surface area contributed by atoms with Gasteiger partial charge >= 0.3 is 0 Å². The fraction of sp³-hybridized carbons (Fsp3) is 0.192. The second-order valence-corrected chi connectivity index (χ2v) is 8.71. The van der Waals surface area contributed by atoms with Gasteiger partial charge in [-0.1, -0.05) is 48.5 Å². The molecule has 4 rings (SSSR count). The van der Waals surface area contributed by atoms with Crippen LogP contribution in [0.25, 0.3) is 0 Å². The molecule has 0 saturated heterocycles. The van der Waals surface area contributed by atoms with Crippen LogP contribution in [0.3, 0.4) is 0 Å². The number of nitrogens with zero attached hydrogens (tertiary/aromatic N) is 2. The van der Waals surface area contributed by atoms with Crippen molar-refractivity contribution in [1.29, 1.82) is 0 Å². The van der Waals surface area contributed by atoms with Crippen LogP contribution in [-0.2, 0) is 11.4 Å². The Morgan fingerprint density at radius 3 is 2.65 bits per heavy atom. The molecule has 0 fully saturated rings. The highest BCUT2D eigenvalue weighted by molar-refractivity contribution is 8.00. The van der Waals surface area contributed by atoms with Gasteiger partial charge in [-0.25, -0.2) is 0 Å². The molecule has 0 aliphatic carbocycles. The van der Waals surface area contributed by atoms with Gasteiger partial charge in [0.15, 0.2) is 6.61 Å². The van der Waals surface area contributed by atoms with Gasteiger partial charge in [0.2, 0.25) is 5.91 Å². The Morgan fingerprint density at radius 2 is 1.85 bits per heavy atom. The van der Waals surface area contributed by atoms with Crippen molar-refractivity contribution >= 4 is 23.4 Å². The first-order chi connectivity index (χ1) is 16.5. The van der Waals surface area contributed by atoms with Crippen molar-refractivity contribution in [1.82, 2.24) is 10.2 Å². The normalized spacial score (nSPS) is 11.6. The molecule has 7 nitrogen and oxygen atoms in total. The quantitative estimate of drug-likeness (QED) is 0.309. The van der Waals surface area contributed by atoms with Gasteiger partial charge in [-0.3, -0.25) is 4.79 Å². The highest BCUT2D eigenvalue weighted by atomic mass is 32.2. The van der Waals surface area contributed by atoms with E-state index in [1.54, 1.807) is 13.2 Å². The van der Waals surface area contributed by atoms with Gasteiger partial charge in [-0.2, -0.15) is 0 Å². The molecular weight excluding hydrogens is 450 g/mol. The Hall–Kier alpha value is -3.78. The van der Waals surface area contributed by atoms with E-state index < -0.39 is 5.25 Å². The van der Waals surface area contributed by atoms with Crippen LogP contribution in [0.1, 0.15) is 27.8 Å². The largest absolute Gasteiger partial charge is 0.497 e. The zero-order valence-electron chi connectivity index (χ0n) is 19.1. The average Bonchev–Trinajstić information content (AvgIpc) is 3.31. The molecule has 0 aliphatic rings. The Balaban J connectivity index is 1.48. The number of aromatic nitrogens is 2. The second-order valence-electron chi connectivity index (χ2n) is 7.65. The van der Waals surface area contributed by atoms with Gasteiger partial charge in [-0.05, 0) is 60.5 Å². The first kappa shape index (κ1) is 23.4. The van der Waals surface area contributed by atoms with Crippen molar-refractivity contribution < 1.29 is 18.7 Å². The summed E-state index contributed by atoms with van der Waals surface area (Å²) >= 11 is 1.19. The molecule has 1 N–H and O–H groups in total. The number of nitrogens with one attached hydrogen (secondary N) is 1. The lowest BCUT2D eigenvalue weighted by atomic mass is 10.1. The molecule has 8 heteroatoms. The maximum Gasteiger partial charge on any atom is 0.277 e. The van der Waals surface area contributed by atoms with E-state index in [1.807, 2.05) is 80.6 Å². The number of amides is 1. The minimum absolute atomic E-state index is 0.143. The van der Waals surface area contributed by atoms with E-state index in [2.05, 4.69) is 15.5 Å². The lowest BCUT2D eigenvalue weighted by Gasteiger charge is -2.15. The van der Waals surface area contributed by atoms with Crippen LogP contribution < -0.4 is 14.8 Å². The highest BCUT2D eigenvalue weighted by Crippen LogP contribution is 2.36. The van der Waals surface area contributed by atoms with Gasteiger partial charge in [0.05, 0.1) is 7.11 Å². The number of aryl methyl sites for hydroxylation is 2. The lowest BCUT2D eigenvalue weighted by Crippen LogP contribution is -2.19. The molecule has 0 bridgehead atoms. The molecule has 0 aliphatic heterocycles. The molecule has 1 heterocycles. The first-order valence-corrected chi connectivity index (χ1v) is 11.6. The molecule has 1 unspecified atom stereocenters. The third kappa shape index (κ3) is 5.96. The smallest absolute Gasteiger partial charge is 0.277 e. The number of benzene rings is 3. The molecule has 3 aromatic carbocycles. The van der Waals surface area contributed by atoms with Crippen molar-refractivity contribution in [2.45, 2.75) is 30.9 Å². The monoisotopic (exact) mass is 475 g/mol. The number of carbonyl (C=O) groups excluding carboxylic acids is 1. The topological polar surface area (TPSA) is 86.5 Å². The molecule has 1 aromatic heterocycles. The highest BCUT2D eigenvalue weighted by Gasteiger charge is 2.25. The maximum absolute atomic E-state index is 13.2. The molecule has 0 saturated carbocycles. The molecule has 34 heavy (non-hydrogen) atoms. The summed E-state index contributed by atoms with van der Waals surface area (Å²) in [5, 5.41) is 10.8. The van der Waals surface area contributed by atoms with Crippen LogP contribution in [0.2, 0.25) is 0 Å². The summed E-state index contributed by atoms with van der Waals surface area (Å²) in [5.74, 6) is 1.55. The third-order valence-corrected chi connectivity index (χ3v) is 6.13. The van der Waals surface area contributed by atoms with E-state index in [0.29, 0.717) is 17.3 Å². The fourth-order valence-electron chi connectivity index (χ4n) is 3.26. The van der Waals surface area contributed by atoms with E-state index in [-0.39, 0.29) is 17.7 Å². The molecule has 4 aromatic rings. The van der Waals surface area contributed by atoms with Crippen LogP contribution in [0.4, 0.5) is 5.69 Å². The van der Waals surface area contributed by atoms with E-state index in [0.717, 1.165) is 22.4 Å². The van der Waals surface area contributed by atoms with Gasteiger partial charge in [0, 0.05) is 11.8 Å². The Bertz CT molecular complexity index is 1260. The Morgan fingerprint density at radius 1 is 1.03 bits per heavy atom. The molecular formula is C26H25N3O4S. The van der Waals surface area contributed by atoms with Crippen molar-refractivity contribution in [3.63, 3.8) is 0 Å². The Kier molecular flexibility index (Phi) is 7.49. The lowest BCUT2D eigenvalue weighted by molar-refractivity contribution is -0.115. The van der Waals surface area contributed by atoms with Crippen LogP contribution >= 0.6 is 11.8 Å². The van der Waals surface area contributed by atoms with Crippen molar-refractivity contribution in [2.75, 3.05) is 12.4 Å². The molecule has 0 spiro atoms. The summed E-state index contributed by atoms with van der Waals surface area (Å²) in [5.41, 5.74) is 3.59. The summed E-state index contributed by atoms with van der Waals surface area (Å²) in [7, 11) is 1.58. The number of anilines is 1. The van der Waals surface area contributed by atoms with E-state index in [9.17, 15) is 4.79 Å². The number of hydrogen-bond acceptors (Lipinski definition) is 7. The summed E-state index contributed by atoms with van der Waals surface area (Å²) in [6.45, 7) is 4.13. The summed E-state index contributed by atoms with van der Waals surface area (Å²) in [6.07, 6.45) is 0. The first-order valence-electron chi connectivity index (χ1n) is 10.7. The molecule has 0 radical (unpaired) electrons. The van der Waals surface area contributed by atoms with Gasteiger partial charge < -0.3 is 19.2 Å². The number of methoxy groups -OCH3 is 1. The zero-order valence-corrected chi connectivity index (χ0v) is 20.0. The van der Waals surface area contributed by atoms with E-state index >= 15 is 0 Å². The number of ether oxygens (including phenoxy) is 2. The average molecular weight is 476 g/mol. The SMILES string of the molecule is COc1cccc(NC(=O)C(Sc2nnc(COc3cc(C)ccc3C)o2)c2ccccc2)c1. The molecule has 1 atom stereocenters. The summed E-state index contributed by atoms with van der Waals surface area (Å²) < 4.78 is 16.9. The van der Waals surface area contributed by atoms with Crippen LogP contribution in [0.15, 0.2) is 82.4 Å². The maximum atomic E-state index is 13.2. The molecule has 174 valence electrons. The summed E-state index contributed by atoms with van der Waals surface area (Å²) in [4.78, 5) is 13.2.